The van der Waals surface area contributed by atoms with Crippen molar-refractivity contribution >= 4 is 38.5 Å². The first-order valence-electron chi connectivity index (χ1n) is 10.3. The Kier molecular flexibility index (Phi) is 5.73. The number of pyridine rings is 1. The number of hydrogen-bond acceptors (Lipinski definition) is 7. The Bertz CT molecular complexity index is 1420. The van der Waals surface area contributed by atoms with Crippen molar-refractivity contribution in [2.75, 3.05) is 18.4 Å². The summed E-state index contributed by atoms with van der Waals surface area (Å²) in [5, 5.41) is 7.09. The molecule has 2 N–H and O–H groups in total. The van der Waals surface area contributed by atoms with Crippen LogP contribution in [0.15, 0.2) is 55.0 Å². The van der Waals surface area contributed by atoms with E-state index in [0.29, 0.717) is 28.1 Å². The molecule has 4 aromatic rings. The Morgan fingerprint density at radius 3 is 2.79 bits per heavy atom. The van der Waals surface area contributed by atoms with Crippen LogP contribution < -0.4 is 10.6 Å². The molecule has 0 bridgehead atoms. The third kappa shape index (κ3) is 4.41. The number of anilines is 1. The van der Waals surface area contributed by atoms with Crippen LogP contribution >= 0.6 is 11.6 Å². The molecule has 8 nitrogen and oxygen atoms in total. The maximum Gasteiger partial charge on any atom is 0.244 e. The second kappa shape index (κ2) is 8.69. The van der Waals surface area contributed by atoms with Crippen molar-refractivity contribution in [1.82, 2.24) is 24.2 Å². The Labute approximate surface area is 194 Å². The average Bonchev–Trinajstić information content (AvgIpc) is 3.44. The Hall–Kier alpha value is -3.08. The van der Waals surface area contributed by atoms with Crippen molar-refractivity contribution < 1.29 is 12.8 Å². The minimum Gasteiger partial charge on any atom is -0.363 e. The van der Waals surface area contributed by atoms with Crippen molar-refractivity contribution in [1.29, 1.82) is 0 Å². The maximum absolute atomic E-state index is 14.4. The fourth-order valence-corrected chi connectivity index (χ4v) is 5.45. The second-order valence-electron chi connectivity index (χ2n) is 7.83. The minimum atomic E-state index is -3.82. The zero-order valence-electron chi connectivity index (χ0n) is 17.4. The first-order valence-corrected chi connectivity index (χ1v) is 12.3. The summed E-state index contributed by atoms with van der Waals surface area (Å²) in [7, 11) is -3.82. The average molecular weight is 487 g/mol. The number of aromatic nitrogens is 4. The Morgan fingerprint density at radius 1 is 1.21 bits per heavy atom. The van der Waals surface area contributed by atoms with Gasteiger partial charge in [0, 0.05) is 35.9 Å². The monoisotopic (exact) mass is 486 g/mol. The molecule has 1 aliphatic rings. The fourth-order valence-electron chi connectivity index (χ4n) is 3.87. The fraction of sp³-hybridized carbons (Fsp3) is 0.227. The lowest BCUT2D eigenvalue weighted by molar-refractivity contribution is 0.588. The predicted molar refractivity (Wildman–Crippen MR) is 125 cm³/mol. The molecule has 1 aliphatic heterocycles. The van der Waals surface area contributed by atoms with Gasteiger partial charge in [0.2, 0.25) is 10.0 Å². The maximum atomic E-state index is 14.4. The van der Waals surface area contributed by atoms with Crippen LogP contribution in [0.4, 0.5) is 10.2 Å². The summed E-state index contributed by atoms with van der Waals surface area (Å²) in [5.41, 5.74) is 1.24. The van der Waals surface area contributed by atoms with Crippen LogP contribution in [-0.2, 0) is 15.8 Å². The molecule has 11 heteroatoms. The zero-order valence-corrected chi connectivity index (χ0v) is 18.9. The molecule has 33 heavy (non-hydrogen) atoms. The van der Waals surface area contributed by atoms with Crippen LogP contribution in [0.5, 0.6) is 0 Å². The summed E-state index contributed by atoms with van der Waals surface area (Å²) in [6, 6.07) is 10.5. The highest BCUT2D eigenvalue weighted by Gasteiger charge is 2.24. The van der Waals surface area contributed by atoms with Crippen molar-refractivity contribution in [3.8, 4) is 11.4 Å². The number of halogens is 2. The van der Waals surface area contributed by atoms with E-state index < -0.39 is 15.8 Å². The lowest BCUT2D eigenvalue weighted by Gasteiger charge is -2.13. The van der Waals surface area contributed by atoms with Gasteiger partial charge in [0.15, 0.2) is 23.1 Å². The van der Waals surface area contributed by atoms with Gasteiger partial charge in [0.25, 0.3) is 0 Å². The van der Waals surface area contributed by atoms with Gasteiger partial charge in [-0.25, -0.2) is 31.7 Å². The summed E-state index contributed by atoms with van der Waals surface area (Å²) in [4.78, 5) is 12.7. The molecular formula is C22H20ClFN6O2S. The van der Waals surface area contributed by atoms with Crippen molar-refractivity contribution in [2.45, 2.75) is 18.2 Å². The van der Waals surface area contributed by atoms with Crippen LogP contribution in [0.25, 0.3) is 22.4 Å². The summed E-state index contributed by atoms with van der Waals surface area (Å²) in [6.07, 6.45) is 4.72. The number of nitrogens with one attached hydrogen (secondary N) is 2. The zero-order chi connectivity index (χ0) is 23.0. The van der Waals surface area contributed by atoms with Crippen LogP contribution in [-0.4, -0.2) is 46.5 Å². The van der Waals surface area contributed by atoms with E-state index >= 15 is 0 Å². The molecular weight excluding hydrogens is 467 g/mol. The molecule has 170 valence electrons. The molecule has 1 aromatic carbocycles. The molecule has 0 amide bonds. The molecule has 4 heterocycles. The smallest absolute Gasteiger partial charge is 0.244 e. The van der Waals surface area contributed by atoms with Gasteiger partial charge in [-0.2, -0.15) is 0 Å². The minimum absolute atomic E-state index is 0.0472. The van der Waals surface area contributed by atoms with Gasteiger partial charge in [-0.05, 0) is 24.6 Å². The van der Waals surface area contributed by atoms with Crippen molar-refractivity contribution in [3.05, 3.63) is 71.4 Å². The first kappa shape index (κ1) is 21.7. The molecule has 1 fully saturated rings. The van der Waals surface area contributed by atoms with Gasteiger partial charge in [-0.15, -0.1) is 0 Å². The Balaban J connectivity index is 1.60. The summed E-state index contributed by atoms with van der Waals surface area (Å²) in [5.74, 6) is -0.556. The van der Waals surface area contributed by atoms with E-state index in [-0.39, 0.29) is 29.1 Å². The van der Waals surface area contributed by atoms with E-state index in [4.69, 9.17) is 11.6 Å². The van der Waals surface area contributed by atoms with Gasteiger partial charge >= 0.3 is 0 Å². The quantitative estimate of drug-likeness (QED) is 0.430. The molecule has 0 radical (unpaired) electrons. The van der Waals surface area contributed by atoms with Crippen LogP contribution in [0.1, 0.15) is 12.0 Å². The van der Waals surface area contributed by atoms with Gasteiger partial charge in [-0.1, -0.05) is 41.9 Å². The van der Waals surface area contributed by atoms with Gasteiger partial charge in [0.1, 0.15) is 0 Å². The molecule has 0 unspecified atom stereocenters. The molecule has 1 saturated heterocycles. The third-order valence-corrected chi connectivity index (χ3v) is 7.24. The topological polar surface area (TPSA) is 102 Å². The lowest BCUT2D eigenvalue weighted by atomic mass is 10.2. The van der Waals surface area contributed by atoms with E-state index in [1.165, 1.54) is 12.4 Å². The second-order valence-corrected chi connectivity index (χ2v) is 10.1. The highest BCUT2D eigenvalue weighted by atomic mass is 35.5. The largest absolute Gasteiger partial charge is 0.363 e. The van der Waals surface area contributed by atoms with Crippen LogP contribution in [0.2, 0.25) is 5.02 Å². The van der Waals surface area contributed by atoms with E-state index in [1.807, 2.05) is 6.07 Å². The molecule has 0 aliphatic carbocycles. The molecule has 0 saturated carbocycles. The van der Waals surface area contributed by atoms with Gasteiger partial charge in [0.05, 0.1) is 17.0 Å². The van der Waals surface area contributed by atoms with Gasteiger partial charge in [-0.3, -0.25) is 0 Å². The van der Waals surface area contributed by atoms with Crippen molar-refractivity contribution in [3.63, 3.8) is 0 Å². The van der Waals surface area contributed by atoms with Crippen LogP contribution in [0, 0.1) is 5.82 Å². The number of benzene rings is 1. The highest BCUT2D eigenvalue weighted by molar-refractivity contribution is 7.89. The van der Waals surface area contributed by atoms with Crippen LogP contribution in [0.3, 0.4) is 0 Å². The van der Waals surface area contributed by atoms with Gasteiger partial charge < -0.3 is 10.6 Å². The molecule has 3 aromatic heterocycles. The van der Waals surface area contributed by atoms with E-state index in [9.17, 15) is 12.8 Å². The molecule has 5 rings (SSSR count). The molecule has 0 spiro atoms. The number of fused-ring (bicyclic) bond motifs is 1. The number of rotatable bonds is 6. The first-order chi connectivity index (χ1) is 15.9. The molecule has 1 atom stereocenters. The van der Waals surface area contributed by atoms with E-state index in [1.54, 1.807) is 30.3 Å². The van der Waals surface area contributed by atoms with E-state index in [0.717, 1.165) is 23.1 Å². The van der Waals surface area contributed by atoms with Crippen molar-refractivity contribution in [2.24, 2.45) is 0 Å². The standard InChI is InChI=1S/C22H20ClFN6O2S/c23-15-8-17-18(20-26-11-19(24)21(29-20)28-16-6-7-25-10-16)12-30(22(17)27-9-15)33(31,32)13-14-4-2-1-3-5-14/h1-5,8-9,11-12,16,25H,6-7,10,13H2,(H,26,28,29)/t16-/m0/s1. The third-order valence-electron chi connectivity index (χ3n) is 5.46. The highest BCUT2D eigenvalue weighted by Crippen LogP contribution is 2.32. The van der Waals surface area contributed by atoms with E-state index in [2.05, 4.69) is 25.6 Å². The summed E-state index contributed by atoms with van der Waals surface area (Å²) in [6.45, 7) is 1.55. The number of nitrogens with zero attached hydrogens (tertiary/aromatic N) is 4. The predicted octanol–water partition coefficient (Wildman–Crippen LogP) is 3.44. The summed E-state index contributed by atoms with van der Waals surface area (Å²) < 4.78 is 42.1. The lowest BCUT2D eigenvalue weighted by Crippen LogP contribution is -2.23. The normalized spacial score (nSPS) is 16.4. The SMILES string of the molecule is O=S(=O)(Cc1ccccc1)n1cc(-c2ncc(F)c(N[C@H]3CCNC3)n2)c2cc(Cl)cnc21. The Morgan fingerprint density at radius 2 is 2.03 bits per heavy atom. The summed E-state index contributed by atoms with van der Waals surface area (Å²) >= 11 is 6.16. The number of hydrogen-bond donors (Lipinski definition) is 2.